The Morgan fingerprint density at radius 3 is 2.40 bits per heavy atom. The Bertz CT molecular complexity index is 885. The fourth-order valence-electron chi connectivity index (χ4n) is 3.44. The maximum absolute atomic E-state index is 12.8. The Balaban J connectivity index is 1.90. The maximum Gasteiger partial charge on any atom is 0.243 e. The summed E-state index contributed by atoms with van der Waals surface area (Å²) in [5.74, 6) is -0.0970. The van der Waals surface area contributed by atoms with E-state index >= 15 is 0 Å². The molecule has 0 spiro atoms. The van der Waals surface area contributed by atoms with Gasteiger partial charge < -0.3 is 0 Å². The lowest BCUT2D eigenvalue weighted by Crippen LogP contribution is -2.35. The third-order valence-electron chi connectivity index (χ3n) is 4.62. The van der Waals surface area contributed by atoms with Crippen LogP contribution in [-0.2, 0) is 26.5 Å². The summed E-state index contributed by atoms with van der Waals surface area (Å²) in [5, 5.41) is 0. The van der Waals surface area contributed by atoms with Gasteiger partial charge in [0.1, 0.15) is 0 Å². The summed E-state index contributed by atoms with van der Waals surface area (Å²) >= 11 is 0. The second kappa shape index (κ2) is 6.74. The number of sulfonamides is 2. The molecule has 2 aliphatic heterocycles. The van der Waals surface area contributed by atoms with Gasteiger partial charge >= 0.3 is 0 Å². The van der Waals surface area contributed by atoms with E-state index in [1.165, 1.54) is 14.7 Å². The van der Waals surface area contributed by atoms with Gasteiger partial charge in [0.2, 0.25) is 20.0 Å². The van der Waals surface area contributed by atoms with Crippen molar-refractivity contribution in [2.24, 2.45) is 0 Å². The molecule has 138 valence electrons. The molecule has 8 heteroatoms. The molecule has 0 aromatic heterocycles. The molecular formula is C17H24N2O4S2. The first-order chi connectivity index (χ1) is 11.7. The normalized spacial score (nSPS) is 19.0. The molecular weight excluding hydrogens is 360 g/mol. The zero-order chi connectivity index (χ0) is 18.2. The Labute approximate surface area is 150 Å². The van der Waals surface area contributed by atoms with Crippen molar-refractivity contribution in [2.75, 3.05) is 29.7 Å². The summed E-state index contributed by atoms with van der Waals surface area (Å²) in [6, 6.07) is 4.78. The van der Waals surface area contributed by atoms with E-state index in [0.717, 1.165) is 24.8 Å². The maximum atomic E-state index is 12.8. The molecule has 0 atom stereocenters. The zero-order valence-corrected chi connectivity index (χ0v) is 16.1. The van der Waals surface area contributed by atoms with E-state index in [2.05, 4.69) is 6.58 Å². The molecule has 3 rings (SSSR count). The molecule has 0 bridgehead atoms. The third kappa shape index (κ3) is 3.61. The van der Waals surface area contributed by atoms with Crippen molar-refractivity contribution in [1.82, 2.24) is 4.31 Å². The smallest absolute Gasteiger partial charge is 0.243 e. The monoisotopic (exact) mass is 384 g/mol. The van der Waals surface area contributed by atoms with Gasteiger partial charge in [0.05, 0.1) is 16.3 Å². The van der Waals surface area contributed by atoms with E-state index in [1.54, 1.807) is 19.1 Å². The second-order valence-electron chi connectivity index (χ2n) is 6.79. The van der Waals surface area contributed by atoms with E-state index in [-0.39, 0.29) is 10.6 Å². The van der Waals surface area contributed by atoms with Crippen molar-refractivity contribution < 1.29 is 16.8 Å². The fourth-order valence-corrected chi connectivity index (χ4v) is 6.63. The predicted molar refractivity (Wildman–Crippen MR) is 98.7 cm³/mol. The molecule has 1 fully saturated rings. The minimum absolute atomic E-state index is 0.0970. The highest BCUT2D eigenvalue weighted by atomic mass is 32.2. The zero-order valence-electron chi connectivity index (χ0n) is 14.4. The van der Waals surface area contributed by atoms with Crippen LogP contribution in [0.3, 0.4) is 0 Å². The van der Waals surface area contributed by atoms with Crippen LogP contribution in [0.25, 0.3) is 0 Å². The van der Waals surface area contributed by atoms with Crippen LogP contribution < -0.4 is 4.31 Å². The van der Waals surface area contributed by atoms with Crippen molar-refractivity contribution in [3.8, 4) is 0 Å². The van der Waals surface area contributed by atoms with E-state index < -0.39 is 20.0 Å². The van der Waals surface area contributed by atoms with E-state index in [0.29, 0.717) is 37.3 Å². The molecule has 0 unspecified atom stereocenters. The molecule has 0 radical (unpaired) electrons. The standard InChI is InChI=1S/C17H24N2O4S2/c1-14(2)13-24(20,21)19-11-8-15-12-16(6-7-17(15)19)25(22,23)18-9-4-3-5-10-18/h6-7,12H,1,3-5,8-11,13H2,2H3. The van der Waals surface area contributed by atoms with Crippen LogP contribution in [0.4, 0.5) is 5.69 Å². The first-order valence-electron chi connectivity index (χ1n) is 8.50. The molecule has 2 aliphatic rings. The number of anilines is 1. The highest BCUT2D eigenvalue weighted by molar-refractivity contribution is 7.93. The van der Waals surface area contributed by atoms with Gasteiger partial charge in [0.25, 0.3) is 0 Å². The van der Waals surface area contributed by atoms with E-state index in [9.17, 15) is 16.8 Å². The quantitative estimate of drug-likeness (QED) is 0.729. The number of piperidine rings is 1. The van der Waals surface area contributed by atoms with Gasteiger partial charge in [0.15, 0.2) is 0 Å². The number of hydrogen-bond donors (Lipinski definition) is 0. The minimum Gasteiger partial charge on any atom is -0.269 e. The Morgan fingerprint density at radius 2 is 1.76 bits per heavy atom. The van der Waals surface area contributed by atoms with Gasteiger partial charge in [-0.1, -0.05) is 18.6 Å². The van der Waals surface area contributed by atoms with Gasteiger partial charge in [-0.15, -0.1) is 0 Å². The number of rotatable bonds is 5. The Kier molecular flexibility index (Phi) is 4.96. The number of nitrogens with zero attached hydrogens (tertiary/aromatic N) is 2. The van der Waals surface area contributed by atoms with Crippen molar-refractivity contribution in [3.05, 3.63) is 35.9 Å². The van der Waals surface area contributed by atoms with E-state index in [4.69, 9.17) is 0 Å². The predicted octanol–water partition coefficient (Wildman–Crippen LogP) is 2.13. The minimum atomic E-state index is -3.50. The van der Waals surface area contributed by atoms with Crippen LogP contribution in [0.1, 0.15) is 31.7 Å². The van der Waals surface area contributed by atoms with Crippen LogP contribution in [0.2, 0.25) is 0 Å². The van der Waals surface area contributed by atoms with Gasteiger partial charge in [-0.25, -0.2) is 16.8 Å². The molecule has 0 aliphatic carbocycles. The SMILES string of the molecule is C=C(C)CS(=O)(=O)N1CCc2cc(S(=O)(=O)N3CCCCC3)ccc21. The average molecular weight is 385 g/mol. The van der Waals surface area contributed by atoms with Crippen molar-refractivity contribution in [1.29, 1.82) is 0 Å². The highest BCUT2D eigenvalue weighted by Gasteiger charge is 2.32. The van der Waals surface area contributed by atoms with Crippen LogP contribution >= 0.6 is 0 Å². The lowest BCUT2D eigenvalue weighted by molar-refractivity contribution is 0.346. The number of hydrogen-bond acceptors (Lipinski definition) is 4. The summed E-state index contributed by atoms with van der Waals surface area (Å²) in [6.45, 7) is 6.81. The highest BCUT2D eigenvalue weighted by Crippen LogP contribution is 2.33. The summed E-state index contributed by atoms with van der Waals surface area (Å²) in [6.07, 6.45) is 3.36. The fraction of sp³-hybridized carbons (Fsp3) is 0.529. The van der Waals surface area contributed by atoms with Gasteiger partial charge in [0, 0.05) is 19.6 Å². The van der Waals surface area contributed by atoms with Crippen LogP contribution in [0.15, 0.2) is 35.2 Å². The molecule has 25 heavy (non-hydrogen) atoms. The van der Waals surface area contributed by atoms with Gasteiger partial charge in [-0.2, -0.15) is 4.31 Å². The molecule has 0 amide bonds. The molecule has 2 heterocycles. The molecule has 1 saturated heterocycles. The van der Waals surface area contributed by atoms with Crippen LogP contribution in [-0.4, -0.2) is 46.5 Å². The van der Waals surface area contributed by atoms with Crippen molar-refractivity contribution in [2.45, 2.75) is 37.5 Å². The van der Waals surface area contributed by atoms with Crippen LogP contribution in [0, 0.1) is 0 Å². The van der Waals surface area contributed by atoms with Gasteiger partial charge in [-0.3, -0.25) is 4.31 Å². The molecule has 1 aromatic carbocycles. The third-order valence-corrected chi connectivity index (χ3v) is 8.42. The van der Waals surface area contributed by atoms with Crippen LogP contribution in [0.5, 0.6) is 0 Å². The first kappa shape index (κ1) is 18.4. The second-order valence-corrected chi connectivity index (χ2v) is 10.6. The summed E-state index contributed by atoms with van der Waals surface area (Å²) in [5.41, 5.74) is 1.93. The average Bonchev–Trinajstić information content (AvgIpc) is 2.98. The Hall–Kier alpha value is -1.38. The largest absolute Gasteiger partial charge is 0.269 e. The van der Waals surface area contributed by atoms with Crippen molar-refractivity contribution >= 4 is 25.7 Å². The molecule has 0 N–H and O–H groups in total. The molecule has 1 aromatic rings. The number of fused-ring (bicyclic) bond motifs is 1. The Morgan fingerprint density at radius 1 is 1.08 bits per heavy atom. The summed E-state index contributed by atoms with van der Waals surface area (Å²) < 4.78 is 53.4. The van der Waals surface area contributed by atoms with Gasteiger partial charge in [-0.05, 0) is 49.9 Å². The topological polar surface area (TPSA) is 74.8 Å². The summed E-state index contributed by atoms with van der Waals surface area (Å²) in [7, 11) is -6.97. The summed E-state index contributed by atoms with van der Waals surface area (Å²) in [4.78, 5) is 0.257. The lowest BCUT2D eigenvalue weighted by atomic mass is 10.2. The number of benzene rings is 1. The molecule has 6 nitrogen and oxygen atoms in total. The van der Waals surface area contributed by atoms with E-state index in [1.807, 2.05) is 0 Å². The van der Waals surface area contributed by atoms with Crippen molar-refractivity contribution in [3.63, 3.8) is 0 Å². The lowest BCUT2D eigenvalue weighted by Gasteiger charge is -2.26. The molecule has 0 saturated carbocycles. The first-order valence-corrected chi connectivity index (χ1v) is 11.5.